The van der Waals surface area contributed by atoms with E-state index >= 15 is 0 Å². The van der Waals surface area contributed by atoms with Gasteiger partial charge in [-0.2, -0.15) is 13.2 Å². The third-order valence-electron chi connectivity index (χ3n) is 3.74. The molecule has 0 aliphatic heterocycles. The molecule has 1 aromatic heterocycles. The fourth-order valence-corrected chi connectivity index (χ4v) is 2.44. The summed E-state index contributed by atoms with van der Waals surface area (Å²) in [5.74, 6) is 1.03. The summed E-state index contributed by atoms with van der Waals surface area (Å²) in [6.07, 6.45) is -4.38. The van der Waals surface area contributed by atoms with Crippen LogP contribution in [0.2, 0.25) is 0 Å². The molecule has 0 aliphatic carbocycles. The summed E-state index contributed by atoms with van der Waals surface area (Å²) in [5, 5.41) is 5.96. The van der Waals surface area contributed by atoms with Crippen LogP contribution in [0.5, 0.6) is 0 Å². The van der Waals surface area contributed by atoms with Crippen LogP contribution in [0.4, 0.5) is 34.9 Å². The van der Waals surface area contributed by atoms with E-state index < -0.39 is 11.7 Å². The van der Waals surface area contributed by atoms with Crippen LogP contribution in [0.3, 0.4) is 0 Å². The van der Waals surface area contributed by atoms with Gasteiger partial charge in [0, 0.05) is 23.9 Å². The van der Waals surface area contributed by atoms with Crippen molar-refractivity contribution >= 4 is 17.3 Å². The number of alkyl halides is 3. The second-order valence-electron chi connectivity index (χ2n) is 5.83. The minimum atomic E-state index is -4.38. The summed E-state index contributed by atoms with van der Waals surface area (Å²) < 4.78 is 51.6. The normalized spacial score (nSPS) is 11.3. The van der Waals surface area contributed by atoms with E-state index in [1.54, 1.807) is 31.2 Å². The van der Waals surface area contributed by atoms with Crippen LogP contribution in [-0.2, 0) is 12.7 Å². The Morgan fingerprint density at radius 1 is 0.926 bits per heavy atom. The molecule has 0 spiro atoms. The van der Waals surface area contributed by atoms with Gasteiger partial charge in [0.1, 0.15) is 23.3 Å². The predicted octanol–water partition coefficient (Wildman–Crippen LogP) is 5.30. The predicted molar refractivity (Wildman–Crippen MR) is 95.2 cm³/mol. The smallest absolute Gasteiger partial charge is 0.366 e. The molecule has 0 amide bonds. The second kappa shape index (κ2) is 7.61. The Labute approximate surface area is 153 Å². The highest BCUT2D eigenvalue weighted by atomic mass is 19.4. The topological polar surface area (TPSA) is 49.8 Å². The van der Waals surface area contributed by atoms with Gasteiger partial charge in [0.15, 0.2) is 0 Å². The van der Waals surface area contributed by atoms with Crippen molar-refractivity contribution in [2.24, 2.45) is 0 Å². The molecule has 2 aromatic carbocycles. The van der Waals surface area contributed by atoms with E-state index in [-0.39, 0.29) is 12.4 Å². The lowest BCUT2D eigenvalue weighted by Gasteiger charge is -2.12. The Hall–Kier alpha value is -3.16. The molecule has 0 unspecified atom stereocenters. The molecular formula is C19H16F4N4. The number of nitrogens with zero attached hydrogens (tertiary/aromatic N) is 2. The maximum atomic E-state index is 13.7. The molecule has 1 heterocycles. The summed E-state index contributed by atoms with van der Waals surface area (Å²) >= 11 is 0. The Morgan fingerprint density at radius 3 is 2.26 bits per heavy atom. The molecule has 0 saturated heterocycles. The number of hydrogen-bond acceptors (Lipinski definition) is 4. The Bertz CT molecular complexity index is 924. The molecule has 3 aromatic rings. The highest BCUT2D eigenvalue weighted by Crippen LogP contribution is 2.30. The molecule has 0 bridgehead atoms. The number of halogens is 4. The largest absolute Gasteiger partial charge is 0.416 e. The molecular weight excluding hydrogens is 360 g/mol. The number of benzene rings is 2. The number of aryl methyl sites for hydroxylation is 1. The zero-order valence-corrected chi connectivity index (χ0v) is 14.3. The van der Waals surface area contributed by atoms with Crippen molar-refractivity contribution in [2.75, 3.05) is 10.6 Å². The molecule has 3 rings (SSSR count). The van der Waals surface area contributed by atoms with Crippen molar-refractivity contribution in [1.82, 2.24) is 9.97 Å². The summed E-state index contributed by atoms with van der Waals surface area (Å²) in [5.41, 5.74) is 0.228. The quantitative estimate of drug-likeness (QED) is 0.594. The first-order chi connectivity index (χ1) is 12.8. The van der Waals surface area contributed by atoms with Crippen molar-refractivity contribution in [3.05, 3.63) is 77.4 Å². The number of anilines is 3. The van der Waals surface area contributed by atoms with Crippen molar-refractivity contribution in [2.45, 2.75) is 19.6 Å². The van der Waals surface area contributed by atoms with Crippen molar-refractivity contribution in [3.8, 4) is 0 Å². The van der Waals surface area contributed by atoms with E-state index in [0.29, 0.717) is 28.7 Å². The Kier molecular flexibility index (Phi) is 5.25. The van der Waals surface area contributed by atoms with Crippen LogP contribution < -0.4 is 10.6 Å². The molecule has 27 heavy (non-hydrogen) atoms. The summed E-state index contributed by atoms with van der Waals surface area (Å²) in [7, 11) is 0. The Balaban J connectivity index is 1.72. The average molecular weight is 376 g/mol. The number of hydrogen-bond donors (Lipinski definition) is 2. The van der Waals surface area contributed by atoms with Gasteiger partial charge < -0.3 is 10.6 Å². The average Bonchev–Trinajstić information content (AvgIpc) is 2.60. The lowest BCUT2D eigenvalue weighted by molar-refractivity contribution is -0.137. The maximum absolute atomic E-state index is 13.7. The standard InChI is InChI=1S/C19H16F4N4/c1-12-25-17(24-11-13-4-2-3-5-16(13)20)10-18(26-12)27-15-8-6-14(7-9-15)19(21,22)23/h2-10H,11H2,1H3,(H2,24,25,26,27). The van der Waals surface area contributed by atoms with Crippen LogP contribution in [0.25, 0.3) is 0 Å². The number of nitrogens with one attached hydrogen (secondary N) is 2. The fourth-order valence-electron chi connectivity index (χ4n) is 2.44. The van der Waals surface area contributed by atoms with Crippen LogP contribution >= 0.6 is 0 Å². The molecule has 0 fully saturated rings. The molecule has 4 nitrogen and oxygen atoms in total. The molecule has 8 heteroatoms. The van der Waals surface area contributed by atoms with Gasteiger partial charge in [-0.25, -0.2) is 14.4 Å². The van der Waals surface area contributed by atoms with Crippen LogP contribution in [0, 0.1) is 12.7 Å². The van der Waals surface area contributed by atoms with Gasteiger partial charge in [-0.3, -0.25) is 0 Å². The van der Waals surface area contributed by atoms with E-state index in [9.17, 15) is 17.6 Å². The molecule has 0 atom stereocenters. The Morgan fingerprint density at radius 2 is 1.59 bits per heavy atom. The molecule has 0 saturated carbocycles. The number of rotatable bonds is 5. The van der Waals surface area contributed by atoms with Gasteiger partial charge in [0.25, 0.3) is 0 Å². The van der Waals surface area contributed by atoms with Gasteiger partial charge in [-0.15, -0.1) is 0 Å². The van der Waals surface area contributed by atoms with Gasteiger partial charge in [0.05, 0.1) is 5.56 Å². The van der Waals surface area contributed by atoms with Crippen molar-refractivity contribution in [3.63, 3.8) is 0 Å². The number of aromatic nitrogens is 2. The van der Waals surface area contributed by atoms with Crippen LogP contribution in [-0.4, -0.2) is 9.97 Å². The second-order valence-corrected chi connectivity index (χ2v) is 5.83. The zero-order valence-electron chi connectivity index (χ0n) is 14.3. The monoisotopic (exact) mass is 376 g/mol. The summed E-state index contributed by atoms with van der Waals surface area (Å²) in [4.78, 5) is 8.45. The zero-order chi connectivity index (χ0) is 19.4. The maximum Gasteiger partial charge on any atom is 0.416 e. The minimum absolute atomic E-state index is 0.239. The van der Waals surface area contributed by atoms with Crippen LogP contribution in [0.15, 0.2) is 54.6 Å². The van der Waals surface area contributed by atoms with E-state index in [1.165, 1.54) is 18.2 Å². The van der Waals surface area contributed by atoms with Gasteiger partial charge in [-0.1, -0.05) is 18.2 Å². The minimum Gasteiger partial charge on any atom is -0.366 e. The molecule has 2 N–H and O–H groups in total. The highest BCUT2D eigenvalue weighted by molar-refractivity contribution is 5.59. The third kappa shape index (κ3) is 4.93. The van der Waals surface area contributed by atoms with E-state index in [1.807, 2.05) is 0 Å². The van der Waals surface area contributed by atoms with Gasteiger partial charge in [0.2, 0.25) is 0 Å². The lowest BCUT2D eigenvalue weighted by Crippen LogP contribution is -2.06. The van der Waals surface area contributed by atoms with Gasteiger partial charge >= 0.3 is 6.18 Å². The lowest BCUT2D eigenvalue weighted by atomic mass is 10.2. The first-order valence-electron chi connectivity index (χ1n) is 8.08. The van der Waals surface area contributed by atoms with E-state index in [2.05, 4.69) is 20.6 Å². The van der Waals surface area contributed by atoms with E-state index in [0.717, 1.165) is 12.1 Å². The molecule has 0 radical (unpaired) electrons. The molecule has 0 aliphatic rings. The highest BCUT2D eigenvalue weighted by Gasteiger charge is 2.29. The summed E-state index contributed by atoms with van der Waals surface area (Å²) in [6.45, 7) is 1.93. The van der Waals surface area contributed by atoms with Crippen molar-refractivity contribution < 1.29 is 17.6 Å². The first kappa shape index (κ1) is 18.6. The van der Waals surface area contributed by atoms with Gasteiger partial charge in [-0.05, 0) is 37.3 Å². The SMILES string of the molecule is Cc1nc(NCc2ccccc2F)cc(Nc2ccc(C(F)(F)F)cc2)n1. The fraction of sp³-hybridized carbons (Fsp3) is 0.158. The van der Waals surface area contributed by atoms with Crippen LogP contribution in [0.1, 0.15) is 17.0 Å². The summed E-state index contributed by atoms with van der Waals surface area (Å²) in [6, 6.07) is 12.6. The third-order valence-corrected chi connectivity index (χ3v) is 3.74. The first-order valence-corrected chi connectivity index (χ1v) is 8.08. The van der Waals surface area contributed by atoms with E-state index in [4.69, 9.17) is 0 Å². The van der Waals surface area contributed by atoms with Crippen molar-refractivity contribution in [1.29, 1.82) is 0 Å². The molecule has 140 valence electrons.